The third-order valence-corrected chi connectivity index (χ3v) is 6.44. The van der Waals surface area contributed by atoms with Crippen LogP contribution in [0, 0.1) is 13.8 Å². The number of carbonyl (C=O) groups excluding carboxylic acids is 1. The van der Waals surface area contributed by atoms with Crippen LogP contribution < -0.4 is 5.32 Å². The van der Waals surface area contributed by atoms with Crippen molar-refractivity contribution in [3.8, 4) is 0 Å². The molecule has 0 bridgehead atoms. The number of sulfone groups is 1. The van der Waals surface area contributed by atoms with Crippen LogP contribution >= 0.6 is 11.8 Å². The van der Waals surface area contributed by atoms with Gasteiger partial charge in [0.1, 0.15) is 0 Å². The summed E-state index contributed by atoms with van der Waals surface area (Å²) in [6.07, 6.45) is 0.951. The van der Waals surface area contributed by atoms with Gasteiger partial charge in [-0.3, -0.25) is 4.79 Å². The Balaban J connectivity index is 1.73. The van der Waals surface area contributed by atoms with Crippen molar-refractivity contribution in [3.05, 3.63) is 29.3 Å². The van der Waals surface area contributed by atoms with Crippen molar-refractivity contribution in [2.24, 2.45) is 0 Å². The van der Waals surface area contributed by atoms with Crippen molar-refractivity contribution < 1.29 is 13.2 Å². The van der Waals surface area contributed by atoms with E-state index in [2.05, 4.69) is 37.4 Å². The summed E-state index contributed by atoms with van der Waals surface area (Å²) >= 11 is 1.65. The highest BCUT2D eigenvalue weighted by atomic mass is 32.2. The van der Waals surface area contributed by atoms with E-state index in [0.717, 1.165) is 4.90 Å². The van der Waals surface area contributed by atoms with Crippen molar-refractivity contribution in [2.45, 2.75) is 37.6 Å². The normalized spacial score (nSPS) is 20.4. The zero-order valence-electron chi connectivity index (χ0n) is 12.4. The van der Waals surface area contributed by atoms with E-state index in [1.165, 1.54) is 11.1 Å². The highest BCUT2D eigenvalue weighted by Crippen LogP contribution is 2.21. The van der Waals surface area contributed by atoms with E-state index >= 15 is 0 Å². The van der Waals surface area contributed by atoms with E-state index in [-0.39, 0.29) is 23.5 Å². The first-order chi connectivity index (χ1) is 9.85. The second-order valence-electron chi connectivity index (χ2n) is 5.51. The number of carbonyl (C=O) groups is 1. The molecule has 1 aliphatic heterocycles. The first-order valence-corrected chi connectivity index (χ1v) is 9.86. The Morgan fingerprint density at radius 3 is 2.71 bits per heavy atom. The largest absolute Gasteiger partial charge is 0.352 e. The van der Waals surface area contributed by atoms with Gasteiger partial charge >= 0.3 is 0 Å². The molecule has 0 radical (unpaired) electrons. The van der Waals surface area contributed by atoms with Crippen LogP contribution in [0.4, 0.5) is 0 Å². The second-order valence-corrected chi connectivity index (χ2v) is 8.91. The van der Waals surface area contributed by atoms with Crippen molar-refractivity contribution in [2.75, 3.05) is 17.3 Å². The molecular weight excluding hydrogens is 306 g/mol. The Bertz CT molecular complexity index is 626. The summed E-state index contributed by atoms with van der Waals surface area (Å²) in [5.74, 6) is 0.917. The average Bonchev–Trinajstić information content (AvgIpc) is 2.73. The summed E-state index contributed by atoms with van der Waals surface area (Å²) in [6, 6.07) is 6.07. The molecule has 0 aliphatic carbocycles. The number of hydrogen-bond donors (Lipinski definition) is 1. The maximum Gasteiger partial charge on any atom is 0.221 e. The maximum atomic E-state index is 11.8. The number of aryl methyl sites for hydroxylation is 2. The van der Waals surface area contributed by atoms with Crippen molar-refractivity contribution >= 4 is 27.5 Å². The molecule has 0 saturated carbocycles. The van der Waals surface area contributed by atoms with Gasteiger partial charge in [0, 0.05) is 23.1 Å². The zero-order valence-corrected chi connectivity index (χ0v) is 14.0. The topological polar surface area (TPSA) is 63.2 Å². The fourth-order valence-corrected chi connectivity index (χ4v) is 4.89. The predicted molar refractivity (Wildman–Crippen MR) is 86.5 cm³/mol. The average molecular weight is 327 g/mol. The molecule has 2 rings (SSSR count). The molecule has 1 aromatic carbocycles. The van der Waals surface area contributed by atoms with E-state index < -0.39 is 9.84 Å². The van der Waals surface area contributed by atoms with Gasteiger partial charge in [0.25, 0.3) is 0 Å². The van der Waals surface area contributed by atoms with Crippen molar-refractivity contribution in [1.82, 2.24) is 5.32 Å². The molecule has 1 N–H and O–H groups in total. The van der Waals surface area contributed by atoms with Gasteiger partial charge in [-0.15, -0.1) is 11.8 Å². The van der Waals surface area contributed by atoms with Crippen molar-refractivity contribution in [3.63, 3.8) is 0 Å². The maximum absolute atomic E-state index is 11.8. The quantitative estimate of drug-likeness (QED) is 0.841. The minimum Gasteiger partial charge on any atom is -0.352 e. The van der Waals surface area contributed by atoms with E-state index in [1.807, 2.05) is 0 Å². The van der Waals surface area contributed by atoms with Crippen molar-refractivity contribution in [1.29, 1.82) is 0 Å². The van der Waals surface area contributed by atoms with Crippen LogP contribution in [0.5, 0.6) is 0 Å². The smallest absolute Gasteiger partial charge is 0.221 e. The molecule has 1 fully saturated rings. The number of amides is 1. The summed E-state index contributed by atoms with van der Waals surface area (Å²) in [7, 11) is -2.93. The Labute approximate surface area is 130 Å². The van der Waals surface area contributed by atoms with Crippen LogP contribution in [-0.2, 0) is 14.6 Å². The van der Waals surface area contributed by atoms with Gasteiger partial charge in [-0.1, -0.05) is 6.07 Å². The summed E-state index contributed by atoms with van der Waals surface area (Å²) in [5.41, 5.74) is 2.51. The van der Waals surface area contributed by atoms with Gasteiger partial charge in [-0.25, -0.2) is 8.42 Å². The summed E-state index contributed by atoms with van der Waals surface area (Å²) in [6.45, 7) is 4.15. The lowest BCUT2D eigenvalue weighted by molar-refractivity contribution is -0.121. The Morgan fingerprint density at radius 1 is 1.33 bits per heavy atom. The van der Waals surface area contributed by atoms with Crippen LogP contribution in [-0.4, -0.2) is 37.6 Å². The van der Waals surface area contributed by atoms with Gasteiger partial charge in [0.05, 0.1) is 11.5 Å². The molecule has 1 aromatic rings. The standard InChI is InChI=1S/C15H21NO3S2/c1-11-3-4-14(9-12(11)2)20-7-5-15(17)16-13-6-8-21(18,19)10-13/h3-4,9,13H,5-8,10H2,1-2H3,(H,16,17)/t13-/m0/s1. The predicted octanol–water partition coefficient (Wildman–Crippen LogP) is 2.09. The van der Waals surface area contributed by atoms with Gasteiger partial charge < -0.3 is 5.32 Å². The molecule has 116 valence electrons. The van der Waals surface area contributed by atoms with Crippen LogP contribution in [0.2, 0.25) is 0 Å². The molecule has 1 heterocycles. The third-order valence-electron chi connectivity index (χ3n) is 3.67. The van der Waals surface area contributed by atoms with Gasteiger partial charge in [0.2, 0.25) is 5.91 Å². The summed E-state index contributed by atoms with van der Waals surface area (Å²) < 4.78 is 22.7. The second kappa shape index (κ2) is 6.83. The van der Waals surface area contributed by atoms with Crippen LogP contribution in [0.15, 0.2) is 23.1 Å². The minimum atomic E-state index is -2.93. The SMILES string of the molecule is Cc1ccc(SCCC(=O)N[C@H]2CCS(=O)(=O)C2)cc1C. The monoisotopic (exact) mass is 327 g/mol. The fraction of sp³-hybridized carbons (Fsp3) is 0.533. The molecule has 6 heteroatoms. The molecule has 4 nitrogen and oxygen atoms in total. The number of hydrogen-bond acceptors (Lipinski definition) is 4. The highest BCUT2D eigenvalue weighted by Gasteiger charge is 2.28. The van der Waals surface area contributed by atoms with E-state index in [4.69, 9.17) is 0 Å². The van der Waals surface area contributed by atoms with E-state index in [1.54, 1.807) is 11.8 Å². The Kier molecular flexibility index (Phi) is 5.32. The van der Waals surface area contributed by atoms with E-state index in [0.29, 0.717) is 18.6 Å². The third kappa shape index (κ3) is 5.04. The molecule has 1 atom stereocenters. The number of thioether (sulfide) groups is 1. The number of rotatable bonds is 5. The molecule has 1 amide bonds. The van der Waals surface area contributed by atoms with E-state index in [9.17, 15) is 13.2 Å². The van der Waals surface area contributed by atoms with Gasteiger partial charge in [-0.05, 0) is 43.5 Å². The molecule has 0 unspecified atom stereocenters. The van der Waals surface area contributed by atoms with Crippen LogP contribution in [0.25, 0.3) is 0 Å². The Morgan fingerprint density at radius 2 is 2.10 bits per heavy atom. The number of benzene rings is 1. The summed E-state index contributed by atoms with van der Waals surface area (Å²) in [4.78, 5) is 13.0. The lowest BCUT2D eigenvalue weighted by Gasteiger charge is -2.10. The molecular formula is C15H21NO3S2. The highest BCUT2D eigenvalue weighted by molar-refractivity contribution is 7.99. The Hall–Kier alpha value is -1.01. The molecule has 1 saturated heterocycles. The molecule has 0 aromatic heterocycles. The minimum absolute atomic E-state index is 0.0616. The van der Waals surface area contributed by atoms with Crippen LogP contribution in [0.1, 0.15) is 24.0 Å². The summed E-state index contributed by atoms with van der Waals surface area (Å²) in [5, 5.41) is 2.81. The zero-order chi connectivity index (χ0) is 15.5. The number of nitrogens with one attached hydrogen (secondary N) is 1. The van der Waals surface area contributed by atoms with Gasteiger partial charge in [0.15, 0.2) is 9.84 Å². The first kappa shape index (κ1) is 16.4. The van der Waals surface area contributed by atoms with Crippen LogP contribution in [0.3, 0.4) is 0 Å². The fourth-order valence-electron chi connectivity index (χ4n) is 2.27. The van der Waals surface area contributed by atoms with Gasteiger partial charge in [-0.2, -0.15) is 0 Å². The lowest BCUT2D eigenvalue weighted by Crippen LogP contribution is -2.35. The molecule has 0 spiro atoms. The molecule has 1 aliphatic rings. The molecule has 21 heavy (non-hydrogen) atoms. The lowest BCUT2D eigenvalue weighted by atomic mass is 10.1. The first-order valence-electron chi connectivity index (χ1n) is 7.05.